The highest BCUT2D eigenvalue weighted by Crippen LogP contribution is 2.30. The summed E-state index contributed by atoms with van der Waals surface area (Å²) < 4.78 is 10.5. The van der Waals surface area contributed by atoms with E-state index in [0.717, 1.165) is 11.1 Å². The molecule has 5 heteroatoms. The molecular formula is C18H18N2O3. The number of benzene rings is 2. The van der Waals surface area contributed by atoms with Crippen LogP contribution in [0.1, 0.15) is 27.0 Å². The van der Waals surface area contributed by atoms with Crippen LogP contribution in [0.5, 0.6) is 11.5 Å². The van der Waals surface area contributed by atoms with Crippen molar-refractivity contribution in [3.05, 3.63) is 58.7 Å². The Bertz CT molecular complexity index is 763. The molecule has 0 unspecified atom stereocenters. The summed E-state index contributed by atoms with van der Waals surface area (Å²) in [6, 6.07) is 12.3. The minimum absolute atomic E-state index is 0.226. The Morgan fingerprint density at radius 2 is 1.87 bits per heavy atom. The zero-order chi connectivity index (χ0) is 16.8. The maximum atomic E-state index is 12.2. The summed E-state index contributed by atoms with van der Waals surface area (Å²) in [5, 5.41) is 11.7. The summed E-state index contributed by atoms with van der Waals surface area (Å²) in [7, 11) is 3.16. The van der Waals surface area contributed by atoms with Gasteiger partial charge in [-0.3, -0.25) is 4.79 Å². The molecule has 0 radical (unpaired) electrons. The van der Waals surface area contributed by atoms with Crippen molar-refractivity contribution in [3.63, 3.8) is 0 Å². The third kappa shape index (κ3) is 3.80. The van der Waals surface area contributed by atoms with Gasteiger partial charge in [0.2, 0.25) is 0 Å². The van der Waals surface area contributed by atoms with E-state index in [1.807, 2.05) is 25.1 Å². The molecule has 2 rings (SSSR count). The summed E-state index contributed by atoms with van der Waals surface area (Å²) in [6.45, 7) is 2.31. The predicted octanol–water partition coefficient (Wildman–Crippen LogP) is 2.81. The fourth-order valence-electron chi connectivity index (χ4n) is 2.22. The molecule has 0 atom stereocenters. The van der Waals surface area contributed by atoms with Gasteiger partial charge in [0.1, 0.15) is 0 Å². The summed E-state index contributed by atoms with van der Waals surface area (Å²) in [6.07, 6.45) is 0. The van der Waals surface area contributed by atoms with Crippen LogP contribution in [0.15, 0.2) is 36.4 Å². The van der Waals surface area contributed by atoms with Gasteiger partial charge in [-0.1, -0.05) is 6.07 Å². The Hall–Kier alpha value is -3.00. The number of nitrogens with zero attached hydrogens (tertiary/aromatic N) is 1. The van der Waals surface area contributed by atoms with Gasteiger partial charge in [0, 0.05) is 12.1 Å². The molecule has 0 saturated carbocycles. The summed E-state index contributed by atoms with van der Waals surface area (Å²) in [4.78, 5) is 12.2. The highest BCUT2D eigenvalue weighted by Gasteiger charge is 2.11. The minimum Gasteiger partial charge on any atom is -0.493 e. The molecule has 0 saturated heterocycles. The van der Waals surface area contributed by atoms with Crippen LogP contribution in [0.3, 0.4) is 0 Å². The van der Waals surface area contributed by atoms with Crippen LogP contribution in [0.2, 0.25) is 0 Å². The molecule has 0 aliphatic rings. The first-order valence-electron chi connectivity index (χ1n) is 7.09. The average molecular weight is 310 g/mol. The molecule has 0 bridgehead atoms. The van der Waals surface area contributed by atoms with Crippen molar-refractivity contribution in [1.29, 1.82) is 5.26 Å². The molecule has 0 spiro atoms. The molecule has 0 aliphatic heterocycles. The second-order valence-electron chi connectivity index (χ2n) is 5.01. The molecule has 0 aliphatic carbocycles. The van der Waals surface area contributed by atoms with Crippen molar-refractivity contribution < 1.29 is 14.3 Å². The fraction of sp³-hybridized carbons (Fsp3) is 0.222. The van der Waals surface area contributed by atoms with Crippen molar-refractivity contribution in [3.8, 4) is 17.6 Å². The molecular weight excluding hydrogens is 292 g/mol. The molecule has 5 nitrogen and oxygen atoms in total. The summed E-state index contributed by atoms with van der Waals surface area (Å²) >= 11 is 0. The lowest BCUT2D eigenvalue weighted by atomic mass is 10.1. The molecule has 23 heavy (non-hydrogen) atoms. The molecule has 118 valence electrons. The molecule has 2 aromatic carbocycles. The fourth-order valence-corrected chi connectivity index (χ4v) is 2.22. The Labute approximate surface area is 135 Å². The number of amides is 1. The summed E-state index contributed by atoms with van der Waals surface area (Å²) in [5.74, 6) is 1.05. The van der Waals surface area contributed by atoms with Crippen LogP contribution in [-0.2, 0) is 6.54 Å². The Kier molecular flexibility index (Phi) is 5.21. The van der Waals surface area contributed by atoms with Gasteiger partial charge in [-0.2, -0.15) is 5.26 Å². The van der Waals surface area contributed by atoms with Gasteiger partial charge in [0.15, 0.2) is 11.5 Å². The predicted molar refractivity (Wildman–Crippen MR) is 86.6 cm³/mol. The van der Waals surface area contributed by atoms with Crippen LogP contribution in [0.25, 0.3) is 0 Å². The highest BCUT2D eigenvalue weighted by molar-refractivity contribution is 5.94. The van der Waals surface area contributed by atoms with E-state index in [4.69, 9.17) is 14.7 Å². The zero-order valence-corrected chi connectivity index (χ0v) is 13.3. The molecule has 1 N–H and O–H groups in total. The van der Waals surface area contributed by atoms with E-state index in [1.165, 1.54) is 0 Å². The number of carbonyl (C=O) groups is 1. The van der Waals surface area contributed by atoms with Crippen LogP contribution in [0, 0.1) is 18.3 Å². The second kappa shape index (κ2) is 7.32. The quantitative estimate of drug-likeness (QED) is 0.922. The third-order valence-corrected chi connectivity index (χ3v) is 3.54. The number of rotatable bonds is 5. The first kappa shape index (κ1) is 16.4. The molecule has 2 aromatic rings. The number of hydrogen-bond donors (Lipinski definition) is 1. The van der Waals surface area contributed by atoms with Gasteiger partial charge in [0.05, 0.1) is 25.9 Å². The maximum Gasteiger partial charge on any atom is 0.251 e. The van der Waals surface area contributed by atoms with Crippen molar-refractivity contribution >= 4 is 5.91 Å². The van der Waals surface area contributed by atoms with Gasteiger partial charge in [-0.05, 0) is 48.4 Å². The number of aryl methyl sites for hydroxylation is 1. The van der Waals surface area contributed by atoms with Crippen LogP contribution in [-0.4, -0.2) is 20.1 Å². The van der Waals surface area contributed by atoms with Crippen molar-refractivity contribution in [2.75, 3.05) is 14.2 Å². The van der Waals surface area contributed by atoms with E-state index >= 15 is 0 Å². The van der Waals surface area contributed by atoms with Gasteiger partial charge >= 0.3 is 0 Å². The normalized spacial score (nSPS) is 9.83. The number of nitrogens with one attached hydrogen (secondary N) is 1. The Morgan fingerprint density at radius 1 is 1.17 bits per heavy atom. The van der Waals surface area contributed by atoms with E-state index < -0.39 is 0 Å². The maximum absolute atomic E-state index is 12.2. The average Bonchev–Trinajstić information content (AvgIpc) is 2.60. The van der Waals surface area contributed by atoms with Crippen molar-refractivity contribution in [2.45, 2.75) is 13.5 Å². The largest absolute Gasteiger partial charge is 0.493 e. The Morgan fingerprint density at radius 3 is 2.52 bits per heavy atom. The number of ether oxygens (including phenoxy) is 2. The molecule has 0 fully saturated rings. The van der Waals surface area contributed by atoms with Gasteiger partial charge in [0.25, 0.3) is 5.91 Å². The number of carbonyl (C=O) groups excluding carboxylic acids is 1. The van der Waals surface area contributed by atoms with Gasteiger partial charge < -0.3 is 14.8 Å². The van der Waals surface area contributed by atoms with Gasteiger partial charge in [-0.15, -0.1) is 0 Å². The lowest BCUT2D eigenvalue weighted by molar-refractivity contribution is 0.0951. The SMILES string of the molecule is COc1cc(C)c(CNC(=O)c2cccc(C#N)c2)cc1OC. The van der Waals surface area contributed by atoms with Crippen LogP contribution < -0.4 is 14.8 Å². The molecule has 1 amide bonds. The zero-order valence-electron chi connectivity index (χ0n) is 13.3. The first-order valence-corrected chi connectivity index (χ1v) is 7.09. The van der Waals surface area contributed by atoms with E-state index in [-0.39, 0.29) is 5.91 Å². The topological polar surface area (TPSA) is 71.3 Å². The highest BCUT2D eigenvalue weighted by atomic mass is 16.5. The number of nitriles is 1. The molecule has 0 heterocycles. The monoisotopic (exact) mass is 310 g/mol. The molecule has 0 aromatic heterocycles. The van der Waals surface area contributed by atoms with Crippen LogP contribution in [0.4, 0.5) is 0 Å². The third-order valence-electron chi connectivity index (χ3n) is 3.54. The summed E-state index contributed by atoms with van der Waals surface area (Å²) in [5.41, 5.74) is 2.85. The van der Waals surface area contributed by atoms with E-state index in [2.05, 4.69) is 5.32 Å². The lowest BCUT2D eigenvalue weighted by Crippen LogP contribution is -2.23. The van der Waals surface area contributed by atoms with Crippen molar-refractivity contribution in [1.82, 2.24) is 5.32 Å². The van der Waals surface area contributed by atoms with Gasteiger partial charge in [-0.25, -0.2) is 0 Å². The smallest absolute Gasteiger partial charge is 0.251 e. The minimum atomic E-state index is -0.226. The number of methoxy groups -OCH3 is 2. The van der Waals surface area contributed by atoms with E-state index in [1.54, 1.807) is 38.5 Å². The van der Waals surface area contributed by atoms with Crippen molar-refractivity contribution in [2.24, 2.45) is 0 Å². The number of hydrogen-bond acceptors (Lipinski definition) is 4. The van der Waals surface area contributed by atoms with E-state index in [9.17, 15) is 4.79 Å². The first-order chi connectivity index (χ1) is 11.1. The second-order valence-corrected chi connectivity index (χ2v) is 5.01. The van der Waals surface area contributed by atoms with Crippen LogP contribution >= 0.6 is 0 Å². The Balaban J connectivity index is 2.14. The standard InChI is InChI=1S/C18H18N2O3/c1-12-7-16(22-2)17(23-3)9-15(12)11-20-18(21)14-6-4-5-13(8-14)10-19/h4-9H,11H2,1-3H3,(H,20,21). The van der Waals surface area contributed by atoms with E-state index in [0.29, 0.717) is 29.2 Å². The lowest BCUT2D eigenvalue weighted by Gasteiger charge is -2.13.